The van der Waals surface area contributed by atoms with Crippen LogP contribution >= 0.6 is 0 Å². The zero-order valence-electron chi connectivity index (χ0n) is 16.2. The fourth-order valence-electron chi connectivity index (χ4n) is 3.67. The molecular formula is C22H27N3O3. The van der Waals surface area contributed by atoms with Gasteiger partial charge in [-0.15, -0.1) is 0 Å². The van der Waals surface area contributed by atoms with Gasteiger partial charge in [0.1, 0.15) is 5.78 Å². The van der Waals surface area contributed by atoms with Crippen LogP contribution in [0.5, 0.6) is 0 Å². The summed E-state index contributed by atoms with van der Waals surface area (Å²) in [5, 5.41) is 12.0. The van der Waals surface area contributed by atoms with E-state index in [1.54, 1.807) is 11.5 Å². The second-order valence-electron chi connectivity index (χ2n) is 7.45. The molecule has 6 heteroatoms. The summed E-state index contributed by atoms with van der Waals surface area (Å²) < 4.78 is 0. The van der Waals surface area contributed by atoms with Crippen molar-refractivity contribution in [3.8, 4) is 0 Å². The lowest BCUT2D eigenvalue weighted by Crippen LogP contribution is -2.29. The lowest BCUT2D eigenvalue weighted by molar-refractivity contribution is -0.122. The topological polar surface area (TPSA) is 91.3 Å². The van der Waals surface area contributed by atoms with Gasteiger partial charge in [-0.3, -0.25) is 19.8 Å². The van der Waals surface area contributed by atoms with Gasteiger partial charge in [0.15, 0.2) is 0 Å². The van der Waals surface area contributed by atoms with E-state index in [2.05, 4.69) is 41.5 Å². The Bertz CT molecular complexity index is 833. The molecule has 2 aromatic rings. The number of hydrogen-bond donors (Lipinski definition) is 3. The molecular weight excluding hydrogens is 354 g/mol. The molecule has 3 N–H and O–H groups in total. The van der Waals surface area contributed by atoms with Gasteiger partial charge >= 0.3 is 0 Å². The number of pyridine rings is 1. The summed E-state index contributed by atoms with van der Waals surface area (Å²) in [6.07, 6.45) is 5.50. The average molecular weight is 381 g/mol. The number of aryl methyl sites for hydroxylation is 3. The number of carbonyl (C=O) groups excluding carboxylic acids is 2. The molecule has 1 aliphatic carbocycles. The van der Waals surface area contributed by atoms with Crippen molar-refractivity contribution in [2.75, 3.05) is 6.54 Å². The normalized spacial score (nSPS) is 16.6. The molecule has 3 rings (SSSR count). The van der Waals surface area contributed by atoms with Gasteiger partial charge in [-0.05, 0) is 56.2 Å². The highest BCUT2D eigenvalue weighted by Crippen LogP contribution is 2.24. The Hall–Kier alpha value is -2.57. The molecule has 0 saturated carbocycles. The average Bonchev–Trinajstić information content (AvgIpc) is 2.69. The summed E-state index contributed by atoms with van der Waals surface area (Å²) in [5.41, 5.74) is 6.38. The van der Waals surface area contributed by atoms with Gasteiger partial charge in [0.25, 0.3) is 5.91 Å². The maximum atomic E-state index is 12.6. The number of benzene rings is 1. The Balaban J connectivity index is 1.53. The van der Waals surface area contributed by atoms with Crippen LogP contribution in [0, 0.1) is 12.8 Å². The number of aromatic nitrogens is 1. The number of hydroxylamine groups is 1. The van der Waals surface area contributed by atoms with Gasteiger partial charge in [-0.2, -0.15) is 0 Å². The minimum absolute atomic E-state index is 0.0425. The number of ketones is 1. The van der Waals surface area contributed by atoms with Gasteiger partial charge in [0.2, 0.25) is 0 Å². The van der Waals surface area contributed by atoms with Crippen molar-refractivity contribution in [2.45, 2.75) is 45.6 Å². The molecule has 28 heavy (non-hydrogen) atoms. The zero-order valence-corrected chi connectivity index (χ0v) is 16.2. The maximum absolute atomic E-state index is 12.6. The summed E-state index contributed by atoms with van der Waals surface area (Å²) in [7, 11) is 0. The molecule has 0 bridgehead atoms. The van der Waals surface area contributed by atoms with E-state index in [1.807, 2.05) is 0 Å². The van der Waals surface area contributed by atoms with Gasteiger partial charge in [0.05, 0.1) is 12.1 Å². The van der Waals surface area contributed by atoms with E-state index in [4.69, 9.17) is 5.21 Å². The van der Waals surface area contributed by atoms with E-state index in [9.17, 15) is 9.59 Å². The SMILES string of the molecule is Cc1ccc(CNCC(=O)C2CCCc3cc(C(=O)NO)cnc3CC2)cc1. The number of carbonyl (C=O) groups is 2. The molecule has 0 aliphatic heterocycles. The van der Waals surface area contributed by atoms with E-state index in [-0.39, 0.29) is 11.7 Å². The highest BCUT2D eigenvalue weighted by molar-refractivity contribution is 5.93. The fourth-order valence-corrected chi connectivity index (χ4v) is 3.67. The highest BCUT2D eigenvalue weighted by Gasteiger charge is 2.22. The van der Waals surface area contributed by atoms with Crippen molar-refractivity contribution < 1.29 is 14.8 Å². The molecule has 1 aliphatic rings. The van der Waals surface area contributed by atoms with E-state index in [0.29, 0.717) is 18.7 Å². The van der Waals surface area contributed by atoms with Crippen LogP contribution in [0.3, 0.4) is 0 Å². The maximum Gasteiger partial charge on any atom is 0.276 e. The molecule has 1 amide bonds. The molecule has 1 unspecified atom stereocenters. The predicted molar refractivity (Wildman–Crippen MR) is 106 cm³/mol. The van der Waals surface area contributed by atoms with Crippen molar-refractivity contribution >= 4 is 11.7 Å². The molecule has 0 fully saturated rings. The molecule has 1 atom stereocenters. The second kappa shape index (κ2) is 9.57. The first-order valence-electron chi connectivity index (χ1n) is 9.78. The minimum Gasteiger partial charge on any atom is -0.306 e. The molecule has 0 spiro atoms. The van der Waals surface area contributed by atoms with Crippen LogP contribution in [-0.4, -0.2) is 28.4 Å². The summed E-state index contributed by atoms with van der Waals surface area (Å²) in [6, 6.07) is 10.1. The third kappa shape index (κ3) is 5.24. The predicted octanol–water partition coefficient (Wildman–Crippen LogP) is 2.75. The summed E-state index contributed by atoms with van der Waals surface area (Å²) in [6.45, 7) is 3.14. The van der Waals surface area contributed by atoms with E-state index in [1.165, 1.54) is 17.3 Å². The Labute approximate surface area is 165 Å². The van der Waals surface area contributed by atoms with Crippen molar-refractivity contribution in [2.24, 2.45) is 5.92 Å². The van der Waals surface area contributed by atoms with E-state index >= 15 is 0 Å². The van der Waals surface area contributed by atoms with Crippen LogP contribution in [0.2, 0.25) is 0 Å². The summed E-state index contributed by atoms with van der Waals surface area (Å²) in [5.74, 6) is -0.252. The molecule has 1 aromatic carbocycles. The van der Waals surface area contributed by atoms with Crippen LogP contribution in [0.1, 0.15) is 52.0 Å². The first-order chi connectivity index (χ1) is 13.6. The molecule has 6 nitrogen and oxygen atoms in total. The third-order valence-corrected chi connectivity index (χ3v) is 5.36. The van der Waals surface area contributed by atoms with Crippen LogP contribution in [0.25, 0.3) is 0 Å². The largest absolute Gasteiger partial charge is 0.306 e. The fraction of sp³-hybridized carbons (Fsp3) is 0.409. The first kappa shape index (κ1) is 20.2. The van der Waals surface area contributed by atoms with Crippen LogP contribution < -0.4 is 10.8 Å². The first-order valence-corrected chi connectivity index (χ1v) is 9.78. The highest BCUT2D eigenvalue weighted by atomic mass is 16.5. The molecule has 0 saturated heterocycles. The smallest absolute Gasteiger partial charge is 0.276 e. The number of fused-ring (bicyclic) bond motifs is 1. The third-order valence-electron chi connectivity index (χ3n) is 5.36. The van der Waals surface area contributed by atoms with Gasteiger partial charge < -0.3 is 5.32 Å². The van der Waals surface area contributed by atoms with Crippen molar-refractivity contribution in [3.05, 3.63) is 64.5 Å². The minimum atomic E-state index is -0.551. The summed E-state index contributed by atoms with van der Waals surface area (Å²) >= 11 is 0. The van der Waals surface area contributed by atoms with E-state index in [0.717, 1.165) is 43.4 Å². The van der Waals surface area contributed by atoms with Crippen molar-refractivity contribution in [1.82, 2.24) is 15.8 Å². The van der Waals surface area contributed by atoms with E-state index < -0.39 is 5.91 Å². The number of nitrogens with zero attached hydrogens (tertiary/aromatic N) is 1. The van der Waals surface area contributed by atoms with Crippen LogP contribution in [0.4, 0.5) is 0 Å². The number of Topliss-reactive ketones (excluding diaryl/α,β-unsaturated/α-hetero) is 1. The standard InChI is InChI=1S/C22H27N3O3/c1-15-5-7-16(8-6-15)12-23-14-21(26)17-3-2-4-18-11-19(22(27)25-28)13-24-20(18)10-9-17/h5-8,11,13,17,23,28H,2-4,9-10,12,14H2,1H3,(H,25,27). The summed E-state index contributed by atoms with van der Waals surface area (Å²) in [4.78, 5) is 28.6. The van der Waals surface area contributed by atoms with Crippen molar-refractivity contribution in [1.29, 1.82) is 0 Å². The number of hydrogen-bond acceptors (Lipinski definition) is 5. The van der Waals surface area contributed by atoms with Crippen molar-refractivity contribution in [3.63, 3.8) is 0 Å². The Morgan fingerprint density at radius 3 is 2.71 bits per heavy atom. The molecule has 1 heterocycles. The second-order valence-corrected chi connectivity index (χ2v) is 7.45. The Morgan fingerprint density at radius 1 is 1.18 bits per heavy atom. The monoisotopic (exact) mass is 381 g/mol. The quantitative estimate of drug-likeness (QED) is 0.529. The van der Waals surface area contributed by atoms with Gasteiger partial charge in [-0.25, -0.2) is 5.48 Å². The lowest BCUT2D eigenvalue weighted by atomic mass is 9.86. The van der Waals surface area contributed by atoms with Gasteiger partial charge in [-0.1, -0.05) is 29.8 Å². The lowest BCUT2D eigenvalue weighted by Gasteiger charge is -2.20. The Kier molecular flexibility index (Phi) is 6.90. The molecule has 148 valence electrons. The van der Waals surface area contributed by atoms with Crippen LogP contribution in [0.15, 0.2) is 36.5 Å². The molecule has 0 radical (unpaired) electrons. The van der Waals surface area contributed by atoms with Gasteiger partial charge in [0, 0.05) is 24.4 Å². The number of nitrogens with one attached hydrogen (secondary N) is 2. The Morgan fingerprint density at radius 2 is 1.96 bits per heavy atom. The zero-order chi connectivity index (χ0) is 19.9. The number of amides is 1. The molecule has 1 aromatic heterocycles. The number of rotatable bonds is 6. The van der Waals surface area contributed by atoms with Crippen LogP contribution in [-0.2, 0) is 24.2 Å².